The monoisotopic (exact) mass is 479 g/mol. The van der Waals surface area contributed by atoms with Crippen molar-refractivity contribution in [3.05, 3.63) is 133 Å². The minimum atomic E-state index is 0.566. The maximum absolute atomic E-state index is 4.98. The summed E-state index contributed by atoms with van der Waals surface area (Å²) in [7, 11) is 0. The average molecular weight is 480 g/mol. The minimum absolute atomic E-state index is 0.566. The maximum atomic E-state index is 4.98. The van der Waals surface area contributed by atoms with E-state index in [0.29, 0.717) is 5.95 Å². The summed E-state index contributed by atoms with van der Waals surface area (Å²) >= 11 is 3.70. The van der Waals surface area contributed by atoms with Gasteiger partial charge < -0.3 is 0 Å². The van der Waals surface area contributed by atoms with Gasteiger partial charge in [0.2, 0.25) is 5.95 Å². The Bertz CT molecular complexity index is 1260. The van der Waals surface area contributed by atoms with Crippen molar-refractivity contribution < 1.29 is 0 Å². The Morgan fingerprint density at radius 2 is 1.47 bits per heavy atom. The fourth-order valence-corrected chi connectivity index (χ4v) is 3.86. The lowest BCUT2D eigenvalue weighted by Gasteiger charge is -2.25. The zero-order valence-corrected chi connectivity index (χ0v) is 19.1. The van der Waals surface area contributed by atoms with Gasteiger partial charge in [0.25, 0.3) is 0 Å². The lowest BCUT2D eigenvalue weighted by Crippen LogP contribution is -2.15. The summed E-state index contributed by atoms with van der Waals surface area (Å²) < 4.78 is 0.949. The van der Waals surface area contributed by atoms with Gasteiger partial charge in [-0.15, -0.1) is 0 Å². The minimum Gasteiger partial charge on any atom is -0.278 e. The third-order valence-electron chi connectivity index (χ3n) is 4.90. The lowest BCUT2D eigenvalue weighted by atomic mass is 10.1. The molecule has 32 heavy (non-hydrogen) atoms. The molecule has 1 heterocycles. The summed E-state index contributed by atoms with van der Waals surface area (Å²) in [5.41, 5.74) is 5.40. The van der Waals surface area contributed by atoms with Crippen LogP contribution in [0.15, 0.2) is 127 Å². The number of benzene rings is 3. The van der Waals surface area contributed by atoms with Crippen LogP contribution in [0, 0.1) is 0 Å². The number of aromatic nitrogens is 2. The molecule has 0 unspecified atom stereocenters. The average Bonchev–Trinajstić information content (AvgIpc) is 2.85. The van der Waals surface area contributed by atoms with Gasteiger partial charge in [0.05, 0.1) is 17.1 Å². The first kappa shape index (κ1) is 21.5. The summed E-state index contributed by atoms with van der Waals surface area (Å²) in [5.74, 6) is 0.566. The molecule has 1 aromatic heterocycles. The number of anilines is 3. The van der Waals surface area contributed by atoms with Gasteiger partial charge >= 0.3 is 0 Å². The number of hydrogen-bond acceptors (Lipinski definition) is 3. The van der Waals surface area contributed by atoms with Crippen LogP contribution in [0.4, 0.5) is 17.3 Å². The largest absolute Gasteiger partial charge is 0.278 e. The highest BCUT2D eigenvalue weighted by Gasteiger charge is 2.20. The topological polar surface area (TPSA) is 29.0 Å². The molecule has 0 saturated heterocycles. The van der Waals surface area contributed by atoms with Crippen molar-refractivity contribution in [3.8, 4) is 11.3 Å². The van der Waals surface area contributed by atoms with Crippen LogP contribution in [0.2, 0.25) is 0 Å². The van der Waals surface area contributed by atoms with Crippen molar-refractivity contribution in [1.29, 1.82) is 0 Å². The van der Waals surface area contributed by atoms with Crippen LogP contribution in [-0.4, -0.2) is 9.97 Å². The molecular formula is C28H22BrN3. The first-order chi connectivity index (χ1) is 15.7. The zero-order valence-electron chi connectivity index (χ0n) is 17.5. The highest BCUT2D eigenvalue weighted by Crippen LogP contribution is 2.38. The zero-order chi connectivity index (χ0) is 22.3. The molecule has 4 heteroatoms. The highest BCUT2D eigenvalue weighted by molar-refractivity contribution is 9.10. The Hall–Kier alpha value is -3.76. The van der Waals surface area contributed by atoms with Crippen LogP contribution in [0.25, 0.3) is 16.8 Å². The molecule has 0 aliphatic rings. The van der Waals surface area contributed by atoms with Gasteiger partial charge in [-0.3, -0.25) is 4.90 Å². The van der Waals surface area contributed by atoms with E-state index < -0.39 is 0 Å². The van der Waals surface area contributed by atoms with E-state index in [4.69, 9.17) is 9.97 Å². The fraction of sp³-hybridized carbons (Fsp3) is 0. The van der Waals surface area contributed by atoms with Crippen LogP contribution in [0.3, 0.4) is 0 Å². The van der Waals surface area contributed by atoms with Crippen LogP contribution < -0.4 is 4.90 Å². The van der Waals surface area contributed by atoms with E-state index in [-0.39, 0.29) is 0 Å². The van der Waals surface area contributed by atoms with Gasteiger partial charge in [-0.05, 0) is 51.8 Å². The second-order valence-corrected chi connectivity index (χ2v) is 7.84. The quantitative estimate of drug-likeness (QED) is 0.250. The molecule has 0 aliphatic heterocycles. The van der Waals surface area contributed by atoms with E-state index in [9.17, 15) is 0 Å². The third-order valence-corrected chi connectivity index (χ3v) is 5.58. The number of allylic oxidation sites excluding steroid dienone is 4. The molecule has 0 atom stereocenters. The molecule has 0 fully saturated rings. The molecule has 0 amide bonds. The fourth-order valence-electron chi connectivity index (χ4n) is 3.40. The van der Waals surface area contributed by atoms with Crippen LogP contribution in [0.5, 0.6) is 0 Å². The van der Waals surface area contributed by atoms with Crippen molar-refractivity contribution in [3.63, 3.8) is 0 Å². The molecule has 4 rings (SSSR count). The second kappa shape index (κ2) is 10.0. The van der Waals surface area contributed by atoms with Gasteiger partial charge in [-0.1, -0.05) is 92.0 Å². The van der Waals surface area contributed by atoms with E-state index in [0.717, 1.165) is 38.4 Å². The Morgan fingerprint density at radius 1 is 0.812 bits per heavy atom. The number of halogens is 1. The standard InChI is InChI=1S/C28H22BrN3/c1-3-13-21(4-2)25-20-26(22-14-7-5-8-15-22)31-28(30-25)32(23-16-9-6-10-17-23)27-19-12-11-18-24(27)29/h3-20H,1-2H2/b21-13+. The van der Waals surface area contributed by atoms with E-state index in [1.165, 1.54) is 0 Å². The summed E-state index contributed by atoms with van der Waals surface area (Å²) in [6.07, 6.45) is 5.43. The smallest absolute Gasteiger partial charge is 0.235 e. The number of hydrogen-bond donors (Lipinski definition) is 0. The molecule has 0 radical (unpaired) electrons. The van der Waals surface area contributed by atoms with Crippen molar-refractivity contribution in [2.75, 3.05) is 4.90 Å². The SMILES string of the molecule is C=C/C=C(\C=C)c1cc(-c2ccccc2)nc(N(c2ccccc2)c2ccccc2Br)n1. The van der Waals surface area contributed by atoms with Crippen molar-refractivity contribution in [2.24, 2.45) is 0 Å². The highest BCUT2D eigenvalue weighted by atomic mass is 79.9. The van der Waals surface area contributed by atoms with Crippen molar-refractivity contribution in [1.82, 2.24) is 9.97 Å². The second-order valence-electron chi connectivity index (χ2n) is 6.99. The molecule has 0 bridgehead atoms. The Labute approximate surface area is 197 Å². The van der Waals surface area contributed by atoms with Gasteiger partial charge in [0.15, 0.2) is 0 Å². The van der Waals surface area contributed by atoms with Gasteiger partial charge in [0, 0.05) is 15.7 Å². The first-order valence-electron chi connectivity index (χ1n) is 10.2. The van der Waals surface area contributed by atoms with Crippen LogP contribution in [-0.2, 0) is 0 Å². The lowest BCUT2D eigenvalue weighted by molar-refractivity contribution is 1.07. The molecule has 156 valence electrons. The number of rotatable bonds is 7. The molecule has 3 aromatic carbocycles. The normalized spacial score (nSPS) is 11.1. The molecular weight excluding hydrogens is 458 g/mol. The van der Waals surface area contributed by atoms with Crippen LogP contribution >= 0.6 is 15.9 Å². The van der Waals surface area contributed by atoms with E-state index in [1.54, 1.807) is 12.2 Å². The van der Waals surface area contributed by atoms with E-state index >= 15 is 0 Å². The van der Waals surface area contributed by atoms with Crippen LogP contribution in [0.1, 0.15) is 5.69 Å². The molecule has 0 N–H and O–H groups in total. The molecule has 4 aromatic rings. The first-order valence-corrected chi connectivity index (χ1v) is 11.0. The molecule has 0 spiro atoms. The maximum Gasteiger partial charge on any atom is 0.235 e. The van der Waals surface area contributed by atoms with Gasteiger partial charge in [-0.25, -0.2) is 9.97 Å². The molecule has 0 saturated carbocycles. The van der Waals surface area contributed by atoms with Crippen molar-refractivity contribution >= 4 is 38.8 Å². The number of nitrogens with zero attached hydrogens (tertiary/aromatic N) is 3. The summed E-state index contributed by atoms with van der Waals surface area (Å²) in [4.78, 5) is 12.0. The van der Waals surface area contributed by atoms with Gasteiger partial charge in [0.1, 0.15) is 0 Å². The Kier molecular flexibility index (Phi) is 6.73. The Balaban J connectivity index is 2.00. The third kappa shape index (κ3) is 4.61. The predicted molar refractivity (Wildman–Crippen MR) is 138 cm³/mol. The molecule has 3 nitrogen and oxygen atoms in total. The molecule has 0 aliphatic carbocycles. The van der Waals surface area contributed by atoms with Crippen molar-refractivity contribution in [2.45, 2.75) is 0 Å². The summed E-state index contributed by atoms with van der Waals surface area (Å²) in [6.45, 7) is 7.80. The predicted octanol–water partition coefficient (Wildman–Crippen LogP) is 8.13. The number of para-hydroxylation sites is 2. The summed E-state index contributed by atoms with van der Waals surface area (Å²) in [5, 5.41) is 0. The van der Waals surface area contributed by atoms with E-state index in [1.807, 2.05) is 97.1 Å². The Morgan fingerprint density at radius 3 is 2.12 bits per heavy atom. The summed E-state index contributed by atoms with van der Waals surface area (Å²) in [6, 6.07) is 30.3. The van der Waals surface area contributed by atoms with E-state index in [2.05, 4.69) is 34.0 Å². The van der Waals surface area contributed by atoms with Gasteiger partial charge in [-0.2, -0.15) is 0 Å².